The summed E-state index contributed by atoms with van der Waals surface area (Å²) in [7, 11) is -3.60. The molecule has 7 heteroatoms. The number of para-hydroxylation sites is 1. The first kappa shape index (κ1) is 24.4. The Labute approximate surface area is 182 Å². The fraction of sp³-hybridized carbons (Fsp3) is 0.652. The lowest BCUT2D eigenvalue weighted by molar-refractivity contribution is -0.119. The molecule has 0 heterocycles. The minimum atomic E-state index is -3.60. The minimum Gasteiger partial charge on any atom is -0.271 e. The minimum absolute atomic E-state index is 0.276. The molecular formula is C23H37N3O3S. The second-order valence-electron chi connectivity index (χ2n) is 8.41. The fourth-order valence-electron chi connectivity index (χ4n) is 4.00. The zero-order chi connectivity index (χ0) is 22.0. The van der Waals surface area contributed by atoms with Gasteiger partial charge >= 0.3 is 0 Å². The highest BCUT2D eigenvalue weighted by Crippen LogP contribution is 2.26. The largest absolute Gasteiger partial charge is 0.271 e. The number of benzene rings is 1. The summed E-state index contributed by atoms with van der Waals surface area (Å²) in [5.41, 5.74) is 5.83. The third-order valence-corrected chi connectivity index (χ3v) is 6.76. The number of carbonyl (C=O) groups excluding carboxylic acids is 1. The lowest BCUT2D eigenvalue weighted by Crippen LogP contribution is -2.40. The Hall–Kier alpha value is -1.89. The van der Waals surface area contributed by atoms with Crippen LogP contribution in [0.15, 0.2) is 23.3 Å². The monoisotopic (exact) mass is 435 g/mol. The van der Waals surface area contributed by atoms with Gasteiger partial charge in [-0.05, 0) is 50.7 Å². The van der Waals surface area contributed by atoms with E-state index < -0.39 is 15.9 Å². The maximum Gasteiger partial charge on any atom is 0.260 e. The number of sulfonamides is 1. The Morgan fingerprint density at radius 1 is 0.933 bits per heavy atom. The van der Waals surface area contributed by atoms with Gasteiger partial charge < -0.3 is 0 Å². The van der Waals surface area contributed by atoms with Crippen LogP contribution in [0.4, 0.5) is 5.69 Å². The average Bonchev–Trinajstić information content (AvgIpc) is 2.66. The van der Waals surface area contributed by atoms with E-state index in [0.29, 0.717) is 5.69 Å². The summed E-state index contributed by atoms with van der Waals surface area (Å²) in [6.07, 6.45) is 14.0. The first-order chi connectivity index (χ1) is 14.3. The first-order valence-electron chi connectivity index (χ1n) is 11.2. The van der Waals surface area contributed by atoms with E-state index in [1.54, 1.807) is 0 Å². The normalized spacial score (nSPS) is 16.8. The van der Waals surface area contributed by atoms with Crippen LogP contribution in [0.5, 0.6) is 0 Å². The molecule has 1 N–H and O–H groups in total. The van der Waals surface area contributed by atoms with Crippen LogP contribution >= 0.6 is 0 Å². The number of amides is 1. The van der Waals surface area contributed by atoms with Crippen LogP contribution < -0.4 is 9.73 Å². The van der Waals surface area contributed by atoms with Gasteiger partial charge in [0, 0.05) is 5.71 Å². The van der Waals surface area contributed by atoms with Crippen molar-refractivity contribution in [1.29, 1.82) is 0 Å². The van der Waals surface area contributed by atoms with Crippen molar-refractivity contribution < 1.29 is 13.2 Å². The zero-order valence-electron chi connectivity index (χ0n) is 18.7. The number of rotatable bonds is 5. The molecule has 0 aromatic heterocycles. The summed E-state index contributed by atoms with van der Waals surface area (Å²) < 4.78 is 26.0. The quantitative estimate of drug-likeness (QED) is 0.672. The molecule has 1 amide bonds. The Bertz CT molecular complexity index is 800. The predicted molar refractivity (Wildman–Crippen MR) is 124 cm³/mol. The van der Waals surface area contributed by atoms with E-state index in [0.717, 1.165) is 48.8 Å². The number of hydrazone groups is 1. The lowest BCUT2D eigenvalue weighted by atomic mass is 10.00. The van der Waals surface area contributed by atoms with E-state index in [1.165, 1.54) is 49.3 Å². The van der Waals surface area contributed by atoms with Gasteiger partial charge in [0.2, 0.25) is 10.0 Å². The van der Waals surface area contributed by atoms with E-state index in [2.05, 4.69) is 10.5 Å². The lowest BCUT2D eigenvalue weighted by Gasteiger charge is -2.25. The van der Waals surface area contributed by atoms with Crippen molar-refractivity contribution in [2.45, 2.75) is 84.5 Å². The number of nitrogens with one attached hydrogen (secondary N) is 1. The van der Waals surface area contributed by atoms with Crippen LogP contribution in [0.1, 0.15) is 81.8 Å². The smallest absolute Gasteiger partial charge is 0.260 e. The molecule has 0 bridgehead atoms. The molecule has 0 spiro atoms. The van der Waals surface area contributed by atoms with Gasteiger partial charge in [0.25, 0.3) is 5.91 Å². The summed E-state index contributed by atoms with van der Waals surface area (Å²) in [5, 5.41) is 4.38. The van der Waals surface area contributed by atoms with E-state index in [9.17, 15) is 13.2 Å². The standard InChI is InChI=1S/C23H37N3O3S/c1-19-14-13-15-20(2)23(19)26(30(3,28)29)18-22(27)25-24-21-16-11-9-7-5-4-6-8-10-12-17-21/h13-15H,4-12,16-18H2,1-3H3,(H,25,27). The number of anilines is 1. The van der Waals surface area contributed by atoms with Gasteiger partial charge in [-0.25, -0.2) is 13.8 Å². The van der Waals surface area contributed by atoms with E-state index >= 15 is 0 Å². The Morgan fingerprint density at radius 2 is 1.40 bits per heavy atom. The van der Waals surface area contributed by atoms with Crippen molar-refractivity contribution in [1.82, 2.24) is 5.43 Å². The third kappa shape index (κ3) is 8.09. The van der Waals surface area contributed by atoms with Crippen molar-refractivity contribution in [3.63, 3.8) is 0 Å². The molecular weight excluding hydrogens is 398 g/mol. The molecule has 1 saturated carbocycles. The molecule has 1 aliphatic carbocycles. The van der Waals surface area contributed by atoms with Gasteiger partial charge in [-0.15, -0.1) is 0 Å². The molecule has 0 radical (unpaired) electrons. The van der Waals surface area contributed by atoms with Gasteiger partial charge in [-0.2, -0.15) is 5.10 Å². The van der Waals surface area contributed by atoms with Crippen molar-refractivity contribution in [2.75, 3.05) is 17.1 Å². The molecule has 0 unspecified atom stereocenters. The molecule has 0 aliphatic heterocycles. The maximum absolute atomic E-state index is 12.6. The van der Waals surface area contributed by atoms with Crippen LogP contribution in [-0.4, -0.2) is 32.8 Å². The Morgan fingerprint density at radius 3 is 1.87 bits per heavy atom. The molecule has 2 rings (SSSR count). The van der Waals surface area contributed by atoms with Gasteiger partial charge in [0.05, 0.1) is 11.9 Å². The summed E-state index contributed by atoms with van der Waals surface area (Å²) in [5.74, 6) is -0.415. The van der Waals surface area contributed by atoms with Gasteiger partial charge in [0.1, 0.15) is 6.54 Å². The van der Waals surface area contributed by atoms with Crippen LogP contribution in [0.3, 0.4) is 0 Å². The summed E-state index contributed by atoms with van der Waals surface area (Å²) in [6.45, 7) is 3.42. The van der Waals surface area contributed by atoms with Crippen molar-refractivity contribution in [3.8, 4) is 0 Å². The summed E-state index contributed by atoms with van der Waals surface area (Å²) in [6, 6.07) is 5.58. The topological polar surface area (TPSA) is 78.8 Å². The second kappa shape index (κ2) is 12.1. The van der Waals surface area contributed by atoms with Crippen LogP contribution in [0, 0.1) is 13.8 Å². The van der Waals surface area contributed by atoms with Crippen molar-refractivity contribution >= 4 is 27.3 Å². The molecule has 0 saturated heterocycles. The molecule has 1 aliphatic rings. The second-order valence-corrected chi connectivity index (χ2v) is 10.3. The van der Waals surface area contributed by atoms with Gasteiger partial charge in [-0.1, -0.05) is 63.1 Å². The summed E-state index contributed by atoms with van der Waals surface area (Å²) in [4.78, 5) is 12.6. The van der Waals surface area contributed by atoms with Gasteiger partial charge in [0.15, 0.2) is 0 Å². The average molecular weight is 436 g/mol. The highest BCUT2D eigenvalue weighted by molar-refractivity contribution is 7.92. The third-order valence-electron chi connectivity index (χ3n) is 5.65. The van der Waals surface area contributed by atoms with E-state index in [-0.39, 0.29) is 6.54 Å². The van der Waals surface area contributed by atoms with Crippen molar-refractivity contribution in [2.24, 2.45) is 5.10 Å². The SMILES string of the molecule is Cc1cccc(C)c1N(CC(=O)NN=C1CCCCCCCCCCC1)S(C)(=O)=O. The Kier molecular flexibility index (Phi) is 9.82. The molecule has 1 fully saturated rings. The molecule has 168 valence electrons. The first-order valence-corrected chi connectivity index (χ1v) is 13.0. The van der Waals surface area contributed by atoms with Crippen LogP contribution in [0.2, 0.25) is 0 Å². The van der Waals surface area contributed by atoms with Gasteiger partial charge in [-0.3, -0.25) is 9.10 Å². The number of hydrogen-bond acceptors (Lipinski definition) is 4. The predicted octanol–water partition coefficient (Wildman–Crippen LogP) is 4.85. The molecule has 1 aromatic carbocycles. The molecule has 6 nitrogen and oxygen atoms in total. The molecule has 30 heavy (non-hydrogen) atoms. The van der Waals surface area contributed by atoms with Crippen LogP contribution in [-0.2, 0) is 14.8 Å². The van der Waals surface area contributed by atoms with Crippen LogP contribution in [0.25, 0.3) is 0 Å². The number of nitrogens with zero attached hydrogens (tertiary/aromatic N) is 2. The number of carbonyl (C=O) groups is 1. The van der Waals surface area contributed by atoms with Crippen molar-refractivity contribution in [3.05, 3.63) is 29.3 Å². The van der Waals surface area contributed by atoms with E-state index in [1.807, 2.05) is 32.0 Å². The fourth-order valence-corrected chi connectivity index (χ4v) is 4.97. The maximum atomic E-state index is 12.6. The summed E-state index contributed by atoms with van der Waals surface area (Å²) >= 11 is 0. The highest BCUT2D eigenvalue weighted by atomic mass is 32.2. The number of hydrogen-bond donors (Lipinski definition) is 1. The molecule has 1 aromatic rings. The number of aryl methyl sites for hydroxylation is 2. The molecule has 0 atom stereocenters. The highest BCUT2D eigenvalue weighted by Gasteiger charge is 2.23. The zero-order valence-corrected chi connectivity index (χ0v) is 19.6. The Balaban J connectivity index is 2.06. The van der Waals surface area contributed by atoms with E-state index in [4.69, 9.17) is 0 Å².